The molecular weight excluding hydrogens is 188 g/mol. The quantitative estimate of drug-likeness (QED) is 0.545. The van der Waals surface area contributed by atoms with Gasteiger partial charge >= 0.3 is 0 Å². The topological polar surface area (TPSA) is 32.7 Å². The Hall–Kier alpha value is -1.60. The van der Waals surface area contributed by atoms with Gasteiger partial charge in [-0.3, -0.25) is 0 Å². The van der Waals surface area contributed by atoms with E-state index in [-0.39, 0.29) is 0 Å². The van der Waals surface area contributed by atoms with Gasteiger partial charge in [-0.05, 0) is 31.5 Å². The normalized spacial score (nSPS) is 9.47. The highest BCUT2D eigenvalue weighted by atomic mass is 16.1. The van der Waals surface area contributed by atoms with E-state index < -0.39 is 0 Å². The highest BCUT2D eigenvalue weighted by molar-refractivity contribution is 5.47. The van der Waals surface area contributed by atoms with Gasteiger partial charge in [0, 0.05) is 18.8 Å². The zero-order chi connectivity index (χ0) is 11.1. The molecule has 0 bridgehead atoms. The predicted octanol–water partition coefficient (Wildman–Crippen LogP) is 2.37. The second-order valence-corrected chi connectivity index (χ2v) is 3.25. The van der Waals surface area contributed by atoms with E-state index in [2.05, 4.69) is 35.9 Å². The Morgan fingerprint density at radius 3 is 2.27 bits per heavy atom. The van der Waals surface area contributed by atoms with Gasteiger partial charge in [0.1, 0.15) is 0 Å². The third-order valence-electron chi connectivity index (χ3n) is 2.39. The van der Waals surface area contributed by atoms with Gasteiger partial charge in [0.2, 0.25) is 6.08 Å². The van der Waals surface area contributed by atoms with Crippen molar-refractivity contribution in [2.45, 2.75) is 20.4 Å². The van der Waals surface area contributed by atoms with E-state index in [0.29, 0.717) is 6.54 Å². The van der Waals surface area contributed by atoms with Crippen LogP contribution in [-0.2, 0) is 11.3 Å². The van der Waals surface area contributed by atoms with Gasteiger partial charge in [-0.1, -0.05) is 12.1 Å². The zero-order valence-corrected chi connectivity index (χ0v) is 9.23. The maximum Gasteiger partial charge on any atom is 0.235 e. The fourth-order valence-electron chi connectivity index (χ4n) is 1.52. The summed E-state index contributed by atoms with van der Waals surface area (Å²) < 4.78 is 0. The summed E-state index contributed by atoms with van der Waals surface area (Å²) in [7, 11) is 0. The summed E-state index contributed by atoms with van der Waals surface area (Å²) >= 11 is 0. The highest BCUT2D eigenvalue weighted by Crippen LogP contribution is 2.15. The smallest absolute Gasteiger partial charge is 0.235 e. The van der Waals surface area contributed by atoms with Crippen LogP contribution < -0.4 is 4.90 Å². The van der Waals surface area contributed by atoms with Crippen molar-refractivity contribution in [2.75, 3.05) is 18.0 Å². The highest BCUT2D eigenvalue weighted by Gasteiger charge is 2.00. The van der Waals surface area contributed by atoms with E-state index in [9.17, 15) is 4.79 Å². The second-order valence-electron chi connectivity index (χ2n) is 3.25. The lowest BCUT2D eigenvalue weighted by molar-refractivity contribution is 0.563. The van der Waals surface area contributed by atoms with Crippen molar-refractivity contribution in [1.82, 2.24) is 0 Å². The Labute approximate surface area is 90.4 Å². The minimum Gasteiger partial charge on any atom is -0.372 e. The molecule has 0 aliphatic heterocycles. The first kappa shape index (κ1) is 11.5. The van der Waals surface area contributed by atoms with E-state index >= 15 is 0 Å². The van der Waals surface area contributed by atoms with Crippen molar-refractivity contribution in [3.8, 4) is 0 Å². The molecule has 0 radical (unpaired) electrons. The van der Waals surface area contributed by atoms with Crippen molar-refractivity contribution in [1.29, 1.82) is 0 Å². The number of hydrogen-bond acceptors (Lipinski definition) is 3. The molecule has 0 saturated heterocycles. The number of carbonyl (C=O) groups excluding carboxylic acids is 1. The van der Waals surface area contributed by atoms with Crippen LogP contribution >= 0.6 is 0 Å². The van der Waals surface area contributed by atoms with Gasteiger partial charge < -0.3 is 4.90 Å². The summed E-state index contributed by atoms with van der Waals surface area (Å²) in [6, 6.07) is 8.11. The third kappa shape index (κ3) is 3.22. The molecule has 80 valence electrons. The van der Waals surface area contributed by atoms with Crippen LogP contribution in [0.2, 0.25) is 0 Å². The molecule has 0 atom stereocenters. The van der Waals surface area contributed by atoms with Crippen molar-refractivity contribution in [3.63, 3.8) is 0 Å². The number of aliphatic imine (C=N–C) groups is 1. The summed E-state index contributed by atoms with van der Waals surface area (Å²) in [6.45, 7) is 6.69. The maximum atomic E-state index is 9.95. The number of benzene rings is 1. The van der Waals surface area contributed by atoms with E-state index in [0.717, 1.165) is 18.7 Å². The van der Waals surface area contributed by atoms with E-state index in [4.69, 9.17) is 0 Å². The van der Waals surface area contributed by atoms with E-state index in [1.807, 2.05) is 12.1 Å². The van der Waals surface area contributed by atoms with Crippen LogP contribution in [0.15, 0.2) is 29.3 Å². The van der Waals surface area contributed by atoms with Gasteiger partial charge in [-0.2, -0.15) is 0 Å². The molecule has 15 heavy (non-hydrogen) atoms. The minimum atomic E-state index is 0.419. The molecule has 0 unspecified atom stereocenters. The first-order valence-electron chi connectivity index (χ1n) is 5.19. The van der Waals surface area contributed by atoms with Crippen molar-refractivity contribution in [3.05, 3.63) is 29.8 Å². The lowest BCUT2D eigenvalue weighted by atomic mass is 10.2. The molecular formula is C12H16N2O. The lowest BCUT2D eigenvalue weighted by Gasteiger charge is -2.20. The molecule has 0 aliphatic rings. The molecule has 0 aromatic heterocycles. The lowest BCUT2D eigenvalue weighted by Crippen LogP contribution is -2.21. The first-order valence-corrected chi connectivity index (χ1v) is 5.19. The maximum absolute atomic E-state index is 9.95. The summed E-state index contributed by atoms with van der Waals surface area (Å²) in [5.74, 6) is 0. The van der Waals surface area contributed by atoms with Gasteiger partial charge in [-0.15, -0.1) is 0 Å². The summed E-state index contributed by atoms with van der Waals surface area (Å²) in [6.07, 6.45) is 1.54. The van der Waals surface area contributed by atoms with Crippen LogP contribution in [0.1, 0.15) is 19.4 Å². The summed E-state index contributed by atoms with van der Waals surface area (Å²) in [4.78, 5) is 15.8. The Bertz CT molecular complexity index is 335. The van der Waals surface area contributed by atoms with E-state index in [1.54, 1.807) is 6.08 Å². The van der Waals surface area contributed by atoms with Crippen LogP contribution in [0, 0.1) is 0 Å². The van der Waals surface area contributed by atoms with Crippen LogP contribution in [0.5, 0.6) is 0 Å². The Kier molecular flexibility index (Phi) is 4.58. The molecule has 0 amide bonds. The number of isocyanates is 1. The largest absolute Gasteiger partial charge is 0.372 e. The molecule has 3 nitrogen and oxygen atoms in total. The summed E-state index contributed by atoms with van der Waals surface area (Å²) in [5, 5.41) is 0. The van der Waals surface area contributed by atoms with Crippen LogP contribution in [-0.4, -0.2) is 19.2 Å². The molecule has 0 heterocycles. The first-order chi connectivity index (χ1) is 7.31. The standard InChI is InChI=1S/C12H16N2O/c1-3-14(4-2)12-7-5-11(6-8-12)9-13-10-15/h5-8H,3-4,9H2,1-2H3. The number of nitrogens with zero attached hydrogens (tertiary/aromatic N) is 2. The number of hydrogen-bond donors (Lipinski definition) is 0. The van der Waals surface area contributed by atoms with Gasteiger partial charge in [0.25, 0.3) is 0 Å². The summed E-state index contributed by atoms with van der Waals surface area (Å²) in [5.41, 5.74) is 2.24. The van der Waals surface area contributed by atoms with E-state index in [1.165, 1.54) is 5.69 Å². The molecule has 0 aliphatic carbocycles. The zero-order valence-electron chi connectivity index (χ0n) is 9.23. The molecule has 1 aromatic carbocycles. The third-order valence-corrected chi connectivity index (χ3v) is 2.39. The molecule has 0 N–H and O–H groups in total. The molecule has 0 fully saturated rings. The van der Waals surface area contributed by atoms with Crippen molar-refractivity contribution < 1.29 is 4.79 Å². The van der Waals surface area contributed by atoms with Crippen LogP contribution in [0.3, 0.4) is 0 Å². The van der Waals surface area contributed by atoms with Crippen LogP contribution in [0.4, 0.5) is 5.69 Å². The molecule has 3 heteroatoms. The Morgan fingerprint density at radius 1 is 1.20 bits per heavy atom. The second kappa shape index (κ2) is 5.99. The van der Waals surface area contributed by atoms with Gasteiger partial charge in [0.15, 0.2) is 0 Å². The molecule has 0 spiro atoms. The SMILES string of the molecule is CCN(CC)c1ccc(CN=C=O)cc1. The number of anilines is 1. The molecule has 0 saturated carbocycles. The van der Waals surface area contributed by atoms with Gasteiger partial charge in [-0.25, -0.2) is 9.79 Å². The fraction of sp³-hybridized carbons (Fsp3) is 0.417. The fourth-order valence-corrected chi connectivity index (χ4v) is 1.52. The average molecular weight is 204 g/mol. The predicted molar refractivity (Wildman–Crippen MR) is 61.8 cm³/mol. The van der Waals surface area contributed by atoms with Gasteiger partial charge in [0.05, 0.1) is 6.54 Å². The van der Waals surface area contributed by atoms with Crippen molar-refractivity contribution >= 4 is 11.8 Å². The molecule has 1 aromatic rings. The van der Waals surface area contributed by atoms with Crippen LogP contribution in [0.25, 0.3) is 0 Å². The van der Waals surface area contributed by atoms with Crippen molar-refractivity contribution in [2.24, 2.45) is 4.99 Å². The average Bonchev–Trinajstić information content (AvgIpc) is 2.29. The molecule has 1 rings (SSSR count). The monoisotopic (exact) mass is 204 g/mol. The minimum absolute atomic E-state index is 0.419. The number of rotatable bonds is 5. The Morgan fingerprint density at radius 2 is 1.80 bits per heavy atom. The Balaban J connectivity index is 2.74.